The third-order valence-electron chi connectivity index (χ3n) is 7.91. The molecule has 0 spiro atoms. The van der Waals surface area contributed by atoms with Gasteiger partial charge in [-0.3, -0.25) is 24.0 Å². The van der Waals surface area contributed by atoms with E-state index >= 15 is 0 Å². The van der Waals surface area contributed by atoms with Gasteiger partial charge >= 0.3 is 12.1 Å². The summed E-state index contributed by atoms with van der Waals surface area (Å²) in [6.45, 7) is 7.59. The highest BCUT2D eigenvalue weighted by atomic mass is 19.4. The van der Waals surface area contributed by atoms with Crippen LogP contribution in [0.5, 0.6) is 0 Å². The number of nitrogens with zero attached hydrogens (tertiary/aromatic N) is 2. The van der Waals surface area contributed by atoms with Crippen molar-refractivity contribution in [1.82, 2.24) is 20.4 Å². The van der Waals surface area contributed by atoms with E-state index in [9.17, 15) is 45.9 Å². The Morgan fingerprint density at radius 3 is 1.89 bits per heavy atom. The Balaban J connectivity index is 1.74. The monoisotopic (exact) mass is 646 g/mol. The summed E-state index contributed by atoms with van der Waals surface area (Å²) in [6.07, 6.45) is -5.14. The second-order valence-corrected chi connectivity index (χ2v) is 11.9. The lowest BCUT2D eigenvalue weighted by Gasteiger charge is -2.39. The number of carbonyl (C=O) groups is 5. The van der Waals surface area contributed by atoms with Crippen LogP contribution in [0.2, 0.25) is 0 Å². The number of halogens is 5. The molecule has 2 aliphatic heterocycles. The average Bonchev–Trinajstić information content (AvgIpc) is 3.00. The lowest BCUT2D eigenvalue weighted by Crippen LogP contribution is -2.62. The first kappa shape index (κ1) is 35.9. The van der Waals surface area contributed by atoms with Crippen LogP contribution < -0.4 is 10.6 Å². The number of Topliss-reactive ketones (excluding diaryl/α,β-unsaturated/α-hetero) is 1. The lowest BCUT2D eigenvalue weighted by molar-refractivity contribution is -0.270. The normalized spacial score (nSPS) is 19.2. The van der Waals surface area contributed by atoms with Crippen molar-refractivity contribution in [2.24, 2.45) is 11.8 Å². The molecule has 3 atom stereocenters. The molecule has 0 saturated carbocycles. The Labute approximate surface area is 258 Å². The zero-order chi connectivity index (χ0) is 33.7. The van der Waals surface area contributed by atoms with Crippen molar-refractivity contribution in [2.75, 3.05) is 32.8 Å². The van der Waals surface area contributed by atoms with E-state index in [4.69, 9.17) is 4.74 Å². The smallest absolute Gasteiger partial charge is 0.378 e. The molecule has 10 nitrogen and oxygen atoms in total. The number of amides is 4. The Kier molecular flexibility index (Phi) is 11.7. The maximum absolute atomic E-state index is 13.9. The maximum atomic E-state index is 13.9. The first-order valence-electron chi connectivity index (χ1n) is 14.8. The maximum Gasteiger partial charge on any atom is 0.461 e. The van der Waals surface area contributed by atoms with E-state index in [0.717, 1.165) is 4.90 Å². The Bertz CT molecular complexity index is 1250. The van der Waals surface area contributed by atoms with E-state index in [1.807, 2.05) is 5.32 Å². The van der Waals surface area contributed by atoms with Gasteiger partial charge in [-0.1, -0.05) is 27.7 Å². The number of likely N-dealkylation sites (tertiary alicyclic amines) is 1. The fourth-order valence-corrected chi connectivity index (χ4v) is 5.22. The first-order chi connectivity index (χ1) is 21.0. The van der Waals surface area contributed by atoms with Crippen molar-refractivity contribution in [2.45, 2.75) is 77.2 Å². The van der Waals surface area contributed by atoms with Crippen LogP contribution in [0, 0.1) is 11.8 Å². The highest BCUT2D eigenvalue weighted by molar-refractivity contribution is 6.01. The van der Waals surface area contributed by atoms with Crippen LogP contribution in [0.1, 0.15) is 67.7 Å². The topological polar surface area (TPSA) is 125 Å². The number of rotatable bonds is 10. The van der Waals surface area contributed by atoms with Gasteiger partial charge in [0.05, 0.1) is 19.3 Å². The SMILES string of the molecule is CC(C)[C@H](NC(=O)c1ccc(C(=O)N2CCOCC2)cc1)C(=O)N1CCCCC1C(=O)N[C@H](C(=O)C(F)(F)C(F)(F)F)C(C)C. The summed E-state index contributed by atoms with van der Waals surface area (Å²) >= 11 is 0. The molecule has 0 radical (unpaired) electrons. The Hall–Kier alpha value is -3.62. The number of benzene rings is 1. The van der Waals surface area contributed by atoms with Crippen molar-refractivity contribution in [3.63, 3.8) is 0 Å². The predicted octanol–water partition coefficient (Wildman–Crippen LogP) is 3.20. The van der Waals surface area contributed by atoms with Crippen molar-refractivity contribution in [3.05, 3.63) is 35.4 Å². The minimum Gasteiger partial charge on any atom is -0.378 e. The van der Waals surface area contributed by atoms with E-state index in [2.05, 4.69) is 5.32 Å². The van der Waals surface area contributed by atoms with E-state index < -0.39 is 65.6 Å². The van der Waals surface area contributed by atoms with Crippen LogP contribution in [0.15, 0.2) is 24.3 Å². The second kappa shape index (κ2) is 14.6. The van der Waals surface area contributed by atoms with Gasteiger partial charge in [-0.15, -0.1) is 0 Å². The zero-order valence-electron chi connectivity index (χ0n) is 25.6. The molecule has 1 aromatic rings. The van der Waals surface area contributed by atoms with Crippen LogP contribution in [-0.4, -0.2) is 102 Å². The van der Waals surface area contributed by atoms with Gasteiger partial charge in [-0.05, 0) is 55.4 Å². The number of hydrogen-bond donors (Lipinski definition) is 2. The molecule has 2 aliphatic rings. The Morgan fingerprint density at radius 1 is 0.800 bits per heavy atom. The third kappa shape index (κ3) is 8.35. The molecule has 3 rings (SSSR count). The molecule has 0 bridgehead atoms. The summed E-state index contributed by atoms with van der Waals surface area (Å²) in [4.78, 5) is 67.9. The highest BCUT2D eigenvalue weighted by Crippen LogP contribution is 2.37. The molecule has 2 saturated heterocycles. The van der Waals surface area contributed by atoms with E-state index in [1.165, 1.54) is 38.1 Å². The number of piperidine rings is 1. The summed E-state index contributed by atoms with van der Waals surface area (Å²) < 4.78 is 71.7. The fraction of sp³-hybridized carbons (Fsp3) is 0.633. The number of ether oxygens (including phenoxy) is 1. The number of nitrogens with one attached hydrogen (secondary N) is 2. The number of morpholine rings is 1. The molecule has 15 heteroatoms. The molecular formula is C30H39F5N4O6. The van der Waals surface area contributed by atoms with Crippen LogP contribution in [0.3, 0.4) is 0 Å². The summed E-state index contributed by atoms with van der Waals surface area (Å²) in [5.74, 6) is -12.3. The summed E-state index contributed by atoms with van der Waals surface area (Å²) in [6, 6.07) is 1.34. The van der Waals surface area contributed by atoms with Gasteiger partial charge in [0.2, 0.25) is 17.6 Å². The molecule has 45 heavy (non-hydrogen) atoms. The number of alkyl halides is 5. The summed E-state index contributed by atoms with van der Waals surface area (Å²) in [7, 11) is 0. The lowest BCUT2D eigenvalue weighted by atomic mass is 9.93. The Morgan fingerprint density at radius 2 is 1.36 bits per heavy atom. The third-order valence-corrected chi connectivity index (χ3v) is 7.91. The van der Waals surface area contributed by atoms with E-state index in [1.54, 1.807) is 18.7 Å². The van der Waals surface area contributed by atoms with Crippen molar-refractivity contribution in [1.29, 1.82) is 0 Å². The molecule has 2 N–H and O–H groups in total. The predicted molar refractivity (Wildman–Crippen MR) is 151 cm³/mol. The van der Waals surface area contributed by atoms with Crippen molar-refractivity contribution >= 4 is 29.4 Å². The standard InChI is InChI=1S/C30H39F5N4O6/c1-17(2)22(24(40)29(31,32)30(33,34)35)36-26(42)21-7-5-6-12-39(21)28(44)23(18(3)4)37-25(41)19-8-10-20(11-9-19)27(43)38-13-15-45-16-14-38/h8-11,17-18,21-23H,5-7,12-16H2,1-4H3,(H,36,42)(H,37,41)/t21?,22-,23-/m0/s1. The van der Waals surface area contributed by atoms with Gasteiger partial charge in [-0.25, -0.2) is 0 Å². The quantitative estimate of drug-likeness (QED) is 0.377. The van der Waals surface area contributed by atoms with E-state index in [0.29, 0.717) is 44.7 Å². The zero-order valence-corrected chi connectivity index (χ0v) is 25.6. The van der Waals surface area contributed by atoms with Gasteiger partial charge in [0.1, 0.15) is 12.1 Å². The van der Waals surface area contributed by atoms with Crippen LogP contribution >= 0.6 is 0 Å². The number of hydrogen-bond acceptors (Lipinski definition) is 6. The van der Waals surface area contributed by atoms with Gasteiger partial charge in [-0.2, -0.15) is 22.0 Å². The summed E-state index contributed by atoms with van der Waals surface area (Å²) in [5, 5.41) is 4.70. The van der Waals surface area contributed by atoms with Gasteiger partial charge in [0, 0.05) is 30.8 Å². The molecule has 0 aromatic heterocycles. The van der Waals surface area contributed by atoms with Crippen molar-refractivity contribution < 1.29 is 50.7 Å². The second-order valence-electron chi connectivity index (χ2n) is 11.9. The molecule has 2 fully saturated rings. The van der Waals surface area contributed by atoms with Crippen LogP contribution in [0.25, 0.3) is 0 Å². The molecule has 2 heterocycles. The van der Waals surface area contributed by atoms with Crippen molar-refractivity contribution in [3.8, 4) is 0 Å². The van der Waals surface area contributed by atoms with Crippen LogP contribution in [-0.2, 0) is 19.1 Å². The van der Waals surface area contributed by atoms with Gasteiger partial charge in [0.25, 0.3) is 11.8 Å². The minimum absolute atomic E-state index is 0.0629. The average molecular weight is 647 g/mol. The summed E-state index contributed by atoms with van der Waals surface area (Å²) in [5.41, 5.74) is 0.544. The minimum atomic E-state index is -6.14. The van der Waals surface area contributed by atoms with Crippen LogP contribution in [0.4, 0.5) is 22.0 Å². The molecule has 1 aromatic carbocycles. The molecular weight excluding hydrogens is 607 g/mol. The molecule has 0 aliphatic carbocycles. The number of carbonyl (C=O) groups excluding carboxylic acids is 5. The van der Waals surface area contributed by atoms with Gasteiger partial charge < -0.3 is 25.2 Å². The molecule has 4 amide bonds. The fourth-order valence-electron chi connectivity index (χ4n) is 5.22. The molecule has 250 valence electrons. The van der Waals surface area contributed by atoms with E-state index in [-0.39, 0.29) is 24.4 Å². The number of ketones is 1. The highest BCUT2D eigenvalue weighted by Gasteiger charge is 2.64. The molecule has 1 unspecified atom stereocenters. The largest absolute Gasteiger partial charge is 0.461 e. The first-order valence-corrected chi connectivity index (χ1v) is 14.8. The van der Waals surface area contributed by atoms with Gasteiger partial charge in [0.15, 0.2) is 0 Å².